The molecular weight excluding hydrogens is 379 g/mol. The molecule has 0 bridgehead atoms. The van der Waals surface area contributed by atoms with E-state index in [1.165, 1.54) is 0 Å². The standard InChI is InChI=1S/C12H10ClIN4O/c13-9-4-5-10(18-15)17-11(9)12(19)16-8-3-1-2-7(14)6-8/h1-6H,15H2,(H,16,19)(H,17,18). The van der Waals surface area contributed by atoms with Crippen LogP contribution in [0.25, 0.3) is 0 Å². The van der Waals surface area contributed by atoms with Crippen molar-refractivity contribution in [1.82, 2.24) is 4.98 Å². The molecule has 1 aromatic carbocycles. The number of carbonyl (C=O) groups is 1. The third-order valence-electron chi connectivity index (χ3n) is 2.29. The van der Waals surface area contributed by atoms with Gasteiger partial charge in [-0.1, -0.05) is 17.7 Å². The molecule has 2 rings (SSSR count). The Morgan fingerprint density at radius 3 is 2.79 bits per heavy atom. The fourth-order valence-electron chi connectivity index (χ4n) is 1.44. The number of nitrogens with zero attached hydrogens (tertiary/aromatic N) is 1. The summed E-state index contributed by atoms with van der Waals surface area (Å²) in [6.45, 7) is 0. The lowest BCUT2D eigenvalue weighted by atomic mass is 10.3. The number of hydrazine groups is 1. The maximum Gasteiger partial charge on any atom is 0.275 e. The van der Waals surface area contributed by atoms with Gasteiger partial charge in [-0.15, -0.1) is 0 Å². The number of pyridine rings is 1. The molecule has 1 heterocycles. The summed E-state index contributed by atoms with van der Waals surface area (Å²) in [4.78, 5) is 16.1. The molecule has 0 aliphatic heterocycles. The molecule has 4 N–H and O–H groups in total. The molecule has 0 radical (unpaired) electrons. The van der Waals surface area contributed by atoms with E-state index in [0.29, 0.717) is 11.5 Å². The number of carbonyl (C=O) groups excluding carboxylic acids is 1. The number of rotatable bonds is 3. The van der Waals surface area contributed by atoms with Crippen LogP contribution in [0.2, 0.25) is 5.02 Å². The van der Waals surface area contributed by atoms with Crippen molar-refractivity contribution in [1.29, 1.82) is 0 Å². The normalized spacial score (nSPS) is 10.1. The van der Waals surface area contributed by atoms with Crippen molar-refractivity contribution in [2.45, 2.75) is 0 Å². The van der Waals surface area contributed by atoms with E-state index in [1.54, 1.807) is 18.2 Å². The summed E-state index contributed by atoms with van der Waals surface area (Å²) in [5.41, 5.74) is 3.17. The molecular formula is C12H10ClIN4O. The van der Waals surface area contributed by atoms with Gasteiger partial charge in [0.05, 0.1) is 5.02 Å². The minimum absolute atomic E-state index is 0.121. The number of hydrogen-bond donors (Lipinski definition) is 3. The number of anilines is 2. The highest BCUT2D eigenvalue weighted by Gasteiger charge is 2.13. The second-order valence-corrected chi connectivity index (χ2v) is 5.29. The highest BCUT2D eigenvalue weighted by atomic mass is 127. The Morgan fingerprint density at radius 1 is 1.32 bits per heavy atom. The van der Waals surface area contributed by atoms with Gasteiger partial charge < -0.3 is 10.7 Å². The summed E-state index contributed by atoms with van der Waals surface area (Å²) in [6, 6.07) is 10.6. The van der Waals surface area contributed by atoms with Gasteiger partial charge >= 0.3 is 0 Å². The number of amides is 1. The summed E-state index contributed by atoms with van der Waals surface area (Å²) in [5.74, 6) is 5.24. The van der Waals surface area contributed by atoms with Crippen LogP contribution in [-0.2, 0) is 0 Å². The second kappa shape index (κ2) is 6.18. The maximum atomic E-state index is 12.1. The zero-order chi connectivity index (χ0) is 13.8. The molecule has 0 unspecified atom stereocenters. The van der Waals surface area contributed by atoms with Crippen molar-refractivity contribution in [3.05, 3.63) is 50.7 Å². The smallest absolute Gasteiger partial charge is 0.275 e. The monoisotopic (exact) mass is 388 g/mol. The van der Waals surface area contributed by atoms with Gasteiger partial charge in [-0.25, -0.2) is 10.8 Å². The van der Waals surface area contributed by atoms with Crippen molar-refractivity contribution in [2.24, 2.45) is 5.84 Å². The molecule has 0 fully saturated rings. The van der Waals surface area contributed by atoms with Crippen LogP contribution in [0.15, 0.2) is 36.4 Å². The zero-order valence-electron chi connectivity index (χ0n) is 9.65. The predicted octanol–water partition coefficient (Wildman–Crippen LogP) is 2.88. The van der Waals surface area contributed by atoms with Crippen LogP contribution in [-0.4, -0.2) is 10.9 Å². The minimum Gasteiger partial charge on any atom is -0.321 e. The number of nitrogen functional groups attached to an aromatic ring is 1. The maximum absolute atomic E-state index is 12.1. The summed E-state index contributed by atoms with van der Waals surface area (Å²) in [5, 5.41) is 3.00. The molecule has 5 nitrogen and oxygen atoms in total. The van der Waals surface area contributed by atoms with E-state index in [4.69, 9.17) is 17.4 Å². The SMILES string of the molecule is NNc1ccc(Cl)c(C(=O)Nc2cccc(I)c2)n1. The molecule has 98 valence electrons. The van der Waals surface area contributed by atoms with Crippen LogP contribution < -0.4 is 16.6 Å². The first-order valence-electron chi connectivity index (χ1n) is 5.30. The molecule has 19 heavy (non-hydrogen) atoms. The van der Waals surface area contributed by atoms with Crippen LogP contribution >= 0.6 is 34.2 Å². The van der Waals surface area contributed by atoms with Crippen molar-refractivity contribution in [3.8, 4) is 0 Å². The summed E-state index contributed by atoms with van der Waals surface area (Å²) in [6.07, 6.45) is 0. The van der Waals surface area contributed by atoms with E-state index in [-0.39, 0.29) is 16.6 Å². The summed E-state index contributed by atoms with van der Waals surface area (Å²) < 4.78 is 1.02. The molecule has 1 aromatic heterocycles. The number of benzene rings is 1. The largest absolute Gasteiger partial charge is 0.321 e. The lowest BCUT2D eigenvalue weighted by Gasteiger charge is -2.08. The molecule has 2 aromatic rings. The number of hydrogen-bond acceptors (Lipinski definition) is 4. The predicted molar refractivity (Wildman–Crippen MR) is 84.2 cm³/mol. The number of halogens is 2. The third kappa shape index (κ3) is 3.55. The van der Waals surface area contributed by atoms with E-state index in [0.717, 1.165) is 3.57 Å². The van der Waals surface area contributed by atoms with Crippen LogP contribution in [0.1, 0.15) is 10.5 Å². The van der Waals surface area contributed by atoms with Crippen molar-refractivity contribution in [3.63, 3.8) is 0 Å². The van der Waals surface area contributed by atoms with Gasteiger partial charge in [-0.05, 0) is 52.9 Å². The number of nitrogens with two attached hydrogens (primary N) is 1. The first-order valence-corrected chi connectivity index (χ1v) is 6.76. The second-order valence-electron chi connectivity index (χ2n) is 3.64. The van der Waals surface area contributed by atoms with Crippen LogP contribution in [0, 0.1) is 3.57 Å². The Kier molecular flexibility index (Phi) is 4.56. The van der Waals surface area contributed by atoms with Gasteiger partial charge in [0.2, 0.25) is 0 Å². The van der Waals surface area contributed by atoms with Gasteiger partial charge in [0.25, 0.3) is 5.91 Å². The Hall–Kier alpha value is -1.38. The van der Waals surface area contributed by atoms with Gasteiger partial charge in [0.1, 0.15) is 11.5 Å². The van der Waals surface area contributed by atoms with E-state index < -0.39 is 0 Å². The number of aromatic nitrogens is 1. The fraction of sp³-hybridized carbons (Fsp3) is 0. The highest BCUT2D eigenvalue weighted by molar-refractivity contribution is 14.1. The van der Waals surface area contributed by atoms with Gasteiger partial charge in [-0.2, -0.15) is 0 Å². The first-order chi connectivity index (χ1) is 9.10. The Bertz CT molecular complexity index is 620. The van der Waals surface area contributed by atoms with E-state index in [2.05, 4.69) is 38.3 Å². The first kappa shape index (κ1) is 14.0. The molecule has 0 aliphatic rings. The molecule has 0 atom stereocenters. The Morgan fingerprint density at radius 2 is 2.11 bits per heavy atom. The average molecular weight is 389 g/mol. The third-order valence-corrected chi connectivity index (χ3v) is 3.27. The van der Waals surface area contributed by atoms with E-state index in [9.17, 15) is 4.79 Å². The number of nitrogens with one attached hydrogen (secondary N) is 2. The highest BCUT2D eigenvalue weighted by Crippen LogP contribution is 2.19. The van der Waals surface area contributed by atoms with Crippen LogP contribution in [0.5, 0.6) is 0 Å². The molecule has 7 heteroatoms. The molecule has 0 saturated carbocycles. The molecule has 0 aliphatic carbocycles. The van der Waals surface area contributed by atoms with Crippen LogP contribution in [0.4, 0.5) is 11.5 Å². The molecule has 0 saturated heterocycles. The van der Waals surface area contributed by atoms with Crippen molar-refractivity contribution < 1.29 is 4.79 Å². The van der Waals surface area contributed by atoms with Gasteiger partial charge in [0.15, 0.2) is 0 Å². The topological polar surface area (TPSA) is 80.0 Å². The summed E-state index contributed by atoms with van der Waals surface area (Å²) in [7, 11) is 0. The van der Waals surface area contributed by atoms with Crippen LogP contribution in [0.3, 0.4) is 0 Å². The molecule has 0 spiro atoms. The van der Waals surface area contributed by atoms with E-state index in [1.807, 2.05) is 18.2 Å². The Balaban J connectivity index is 2.25. The lowest BCUT2D eigenvalue weighted by Crippen LogP contribution is -2.16. The summed E-state index contributed by atoms with van der Waals surface area (Å²) >= 11 is 8.12. The zero-order valence-corrected chi connectivity index (χ0v) is 12.6. The van der Waals surface area contributed by atoms with Crippen molar-refractivity contribution in [2.75, 3.05) is 10.7 Å². The minimum atomic E-state index is -0.385. The van der Waals surface area contributed by atoms with Gasteiger partial charge in [0, 0.05) is 9.26 Å². The van der Waals surface area contributed by atoms with E-state index >= 15 is 0 Å². The average Bonchev–Trinajstić information content (AvgIpc) is 2.39. The fourth-order valence-corrected chi connectivity index (χ4v) is 2.17. The van der Waals surface area contributed by atoms with Crippen molar-refractivity contribution >= 4 is 51.6 Å². The Labute approximate surface area is 128 Å². The quantitative estimate of drug-likeness (QED) is 0.429. The lowest BCUT2D eigenvalue weighted by molar-refractivity contribution is 0.102. The van der Waals surface area contributed by atoms with Gasteiger partial charge in [-0.3, -0.25) is 4.79 Å². The molecule has 1 amide bonds.